The van der Waals surface area contributed by atoms with Gasteiger partial charge in [0.15, 0.2) is 0 Å². The van der Waals surface area contributed by atoms with Gasteiger partial charge in [0, 0.05) is 49.9 Å². The fourth-order valence-corrected chi connectivity index (χ4v) is 4.32. The first-order chi connectivity index (χ1) is 18.9. The molecule has 4 rings (SSSR count). The van der Waals surface area contributed by atoms with Crippen molar-refractivity contribution in [3.63, 3.8) is 0 Å². The molecule has 9 heteroatoms. The molecule has 0 atom stereocenters. The minimum absolute atomic E-state index is 0.0712. The summed E-state index contributed by atoms with van der Waals surface area (Å²) in [5, 5.41) is 9.79. The number of hydrogen-bond donors (Lipinski definition) is 2. The molecule has 0 unspecified atom stereocenters. The Morgan fingerprint density at radius 2 is 1.59 bits per heavy atom. The maximum atomic E-state index is 12.6. The zero-order valence-electron chi connectivity index (χ0n) is 21.9. The van der Waals surface area contributed by atoms with Crippen molar-refractivity contribution in [2.45, 2.75) is 18.9 Å². The first-order valence-electron chi connectivity index (χ1n) is 12.7. The van der Waals surface area contributed by atoms with Crippen LogP contribution in [-0.2, 0) is 9.53 Å². The Kier molecular flexibility index (Phi) is 11.2. The molecule has 0 bridgehead atoms. The summed E-state index contributed by atoms with van der Waals surface area (Å²) >= 11 is 0. The Balaban J connectivity index is 0.00000134. The predicted molar refractivity (Wildman–Crippen MR) is 149 cm³/mol. The van der Waals surface area contributed by atoms with Crippen LogP contribution in [0, 0.1) is 0 Å². The fraction of sp³-hybridized carbons (Fsp3) is 0.267. The topological polar surface area (TPSA) is 116 Å². The Bertz CT molecular complexity index is 1220. The Hall–Kier alpha value is -4.50. The molecule has 2 amide bonds. The molecular formula is C30H33N3O6. The van der Waals surface area contributed by atoms with Crippen molar-refractivity contribution in [1.82, 2.24) is 9.80 Å². The van der Waals surface area contributed by atoms with Gasteiger partial charge in [-0.2, -0.15) is 0 Å². The highest BCUT2D eigenvalue weighted by atomic mass is 16.6. The summed E-state index contributed by atoms with van der Waals surface area (Å²) in [4.78, 5) is 48.3. The quantitative estimate of drug-likeness (QED) is 0.407. The largest absolute Gasteiger partial charge is 0.483 e. The van der Waals surface area contributed by atoms with Gasteiger partial charge in [0.25, 0.3) is 12.4 Å². The van der Waals surface area contributed by atoms with E-state index in [1.54, 1.807) is 36.2 Å². The summed E-state index contributed by atoms with van der Waals surface area (Å²) < 4.78 is 5.71. The van der Waals surface area contributed by atoms with Crippen molar-refractivity contribution in [2.24, 2.45) is 0 Å². The van der Waals surface area contributed by atoms with Gasteiger partial charge in [-0.15, -0.1) is 0 Å². The lowest BCUT2D eigenvalue weighted by atomic mass is 10.0. The maximum Gasteiger partial charge on any atom is 0.411 e. The Morgan fingerprint density at radius 3 is 2.23 bits per heavy atom. The third kappa shape index (κ3) is 8.79. The van der Waals surface area contributed by atoms with Crippen molar-refractivity contribution < 1.29 is 29.0 Å². The molecule has 0 radical (unpaired) electrons. The van der Waals surface area contributed by atoms with Gasteiger partial charge in [-0.3, -0.25) is 19.7 Å². The molecule has 204 valence electrons. The smallest absolute Gasteiger partial charge is 0.411 e. The number of aldehydes is 1. The van der Waals surface area contributed by atoms with E-state index in [1.165, 1.54) is 0 Å². The van der Waals surface area contributed by atoms with E-state index in [1.807, 2.05) is 54.6 Å². The molecule has 1 aliphatic heterocycles. The van der Waals surface area contributed by atoms with Crippen LogP contribution in [0.3, 0.4) is 0 Å². The molecule has 0 saturated carbocycles. The molecule has 1 heterocycles. The standard InChI is InChI=1S/C29H31N3O4.CH2O2/c1-31(28(34)24-13-11-22(21-33)12-14-24)19-20-32-17-15-25(16-18-32)36-29(35)30-27-10-6-5-9-26(27)23-7-3-2-4-8-23;2-1-3/h2-14,21,25H,15-20H2,1H3,(H,30,35);1H,(H,2,3). The van der Waals surface area contributed by atoms with Crippen LogP contribution in [0.2, 0.25) is 0 Å². The summed E-state index contributed by atoms with van der Waals surface area (Å²) in [6, 6.07) is 24.3. The number of ether oxygens (including phenoxy) is 1. The van der Waals surface area contributed by atoms with Crippen LogP contribution in [0.1, 0.15) is 33.6 Å². The Morgan fingerprint density at radius 1 is 0.974 bits per heavy atom. The number of piperidine rings is 1. The van der Waals surface area contributed by atoms with Crippen LogP contribution in [0.15, 0.2) is 78.9 Å². The number of likely N-dealkylation sites (N-methyl/N-ethyl adjacent to an activating group) is 1. The van der Waals surface area contributed by atoms with Gasteiger partial charge in [0.05, 0.1) is 5.69 Å². The number of carbonyl (C=O) groups excluding carboxylic acids is 3. The van der Waals surface area contributed by atoms with E-state index in [9.17, 15) is 14.4 Å². The molecular weight excluding hydrogens is 498 g/mol. The zero-order chi connectivity index (χ0) is 28.0. The first kappa shape index (κ1) is 29.1. The van der Waals surface area contributed by atoms with Crippen LogP contribution < -0.4 is 5.32 Å². The predicted octanol–water partition coefficient (Wildman–Crippen LogP) is 4.65. The van der Waals surface area contributed by atoms with E-state index in [2.05, 4.69) is 10.2 Å². The lowest BCUT2D eigenvalue weighted by Crippen LogP contribution is -2.42. The highest BCUT2D eigenvalue weighted by Crippen LogP contribution is 2.28. The van der Waals surface area contributed by atoms with Crippen molar-refractivity contribution in [3.05, 3.63) is 90.0 Å². The van der Waals surface area contributed by atoms with Gasteiger partial charge in [0.2, 0.25) is 0 Å². The number of nitrogens with zero attached hydrogens (tertiary/aromatic N) is 2. The number of carbonyl (C=O) groups is 4. The number of para-hydroxylation sites is 1. The third-order valence-corrected chi connectivity index (χ3v) is 6.45. The lowest BCUT2D eigenvalue weighted by Gasteiger charge is -2.32. The van der Waals surface area contributed by atoms with Gasteiger partial charge < -0.3 is 19.6 Å². The summed E-state index contributed by atoms with van der Waals surface area (Å²) in [6.07, 6.45) is 1.68. The van der Waals surface area contributed by atoms with E-state index in [4.69, 9.17) is 14.6 Å². The van der Waals surface area contributed by atoms with Crippen LogP contribution in [0.4, 0.5) is 10.5 Å². The minimum atomic E-state index is -0.442. The van der Waals surface area contributed by atoms with E-state index < -0.39 is 6.09 Å². The van der Waals surface area contributed by atoms with Crippen LogP contribution in [0.5, 0.6) is 0 Å². The molecule has 1 aliphatic rings. The van der Waals surface area contributed by atoms with Crippen molar-refractivity contribution >= 4 is 30.4 Å². The number of rotatable bonds is 8. The number of hydrogen-bond acceptors (Lipinski definition) is 6. The monoisotopic (exact) mass is 531 g/mol. The van der Waals surface area contributed by atoms with Gasteiger partial charge in [-0.1, -0.05) is 60.7 Å². The lowest BCUT2D eigenvalue weighted by molar-refractivity contribution is -0.122. The van der Waals surface area contributed by atoms with E-state index in [0.29, 0.717) is 17.7 Å². The molecule has 3 aromatic rings. The molecule has 2 N–H and O–H groups in total. The number of anilines is 1. The molecule has 0 aromatic heterocycles. The van der Waals surface area contributed by atoms with Crippen LogP contribution in [-0.4, -0.2) is 79.0 Å². The number of likely N-dealkylation sites (tertiary alicyclic amines) is 1. The van der Waals surface area contributed by atoms with Gasteiger partial charge in [-0.05, 0) is 36.6 Å². The second kappa shape index (κ2) is 15.0. The van der Waals surface area contributed by atoms with Crippen LogP contribution >= 0.6 is 0 Å². The molecule has 1 fully saturated rings. The second-order valence-electron chi connectivity index (χ2n) is 9.05. The van der Waals surface area contributed by atoms with Crippen molar-refractivity contribution in [3.8, 4) is 11.1 Å². The molecule has 1 saturated heterocycles. The van der Waals surface area contributed by atoms with Crippen LogP contribution in [0.25, 0.3) is 11.1 Å². The van der Waals surface area contributed by atoms with E-state index >= 15 is 0 Å². The van der Waals surface area contributed by atoms with Crippen molar-refractivity contribution in [2.75, 3.05) is 38.5 Å². The Labute approximate surface area is 228 Å². The molecule has 9 nitrogen and oxygen atoms in total. The van der Waals surface area contributed by atoms with Crippen molar-refractivity contribution in [1.29, 1.82) is 0 Å². The number of amides is 2. The molecule has 0 spiro atoms. The summed E-state index contributed by atoms with van der Waals surface area (Å²) in [5.74, 6) is -0.0712. The molecule has 39 heavy (non-hydrogen) atoms. The average molecular weight is 532 g/mol. The number of carboxylic acid groups (broad SMARTS) is 1. The summed E-state index contributed by atoms with van der Waals surface area (Å²) in [5.41, 5.74) is 3.81. The van der Waals surface area contributed by atoms with Gasteiger partial charge >= 0.3 is 6.09 Å². The average Bonchev–Trinajstić information content (AvgIpc) is 2.97. The number of nitrogens with one attached hydrogen (secondary N) is 1. The van der Waals surface area contributed by atoms with Gasteiger partial charge in [-0.25, -0.2) is 4.79 Å². The highest BCUT2D eigenvalue weighted by molar-refractivity contribution is 5.94. The summed E-state index contributed by atoms with van der Waals surface area (Å²) in [7, 11) is 1.78. The minimum Gasteiger partial charge on any atom is -0.483 e. The summed E-state index contributed by atoms with van der Waals surface area (Å²) in [6.45, 7) is 2.69. The van der Waals surface area contributed by atoms with E-state index in [-0.39, 0.29) is 18.5 Å². The fourth-order valence-electron chi connectivity index (χ4n) is 4.32. The molecule has 0 aliphatic carbocycles. The van der Waals surface area contributed by atoms with E-state index in [0.717, 1.165) is 55.6 Å². The normalized spacial score (nSPS) is 13.4. The number of benzene rings is 3. The first-order valence-corrected chi connectivity index (χ1v) is 12.7. The zero-order valence-corrected chi connectivity index (χ0v) is 21.9. The third-order valence-electron chi connectivity index (χ3n) is 6.45. The second-order valence-corrected chi connectivity index (χ2v) is 9.05. The van der Waals surface area contributed by atoms with Gasteiger partial charge in [0.1, 0.15) is 12.4 Å². The highest BCUT2D eigenvalue weighted by Gasteiger charge is 2.23. The maximum absolute atomic E-state index is 12.6. The SMILES string of the molecule is CN(CCN1CCC(OC(=O)Nc2ccccc2-c2ccccc2)CC1)C(=O)c1ccc(C=O)cc1.O=CO. The molecule has 3 aromatic carbocycles.